The van der Waals surface area contributed by atoms with Gasteiger partial charge < -0.3 is 10.1 Å². The average Bonchev–Trinajstić information content (AvgIpc) is 2.81. The number of thioether (sulfide) groups is 1. The minimum absolute atomic E-state index is 0.124. The number of carbonyl (C=O) groups excluding carboxylic acids is 1. The first-order chi connectivity index (χ1) is 15.8. The van der Waals surface area contributed by atoms with Crippen LogP contribution in [-0.2, 0) is 14.8 Å². The summed E-state index contributed by atoms with van der Waals surface area (Å²) in [6.07, 6.45) is 0. The molecule has 0 heterocycles. The second-order valence-electron chi connectivity index (χ2n) is 7.54. The number of rotatable bonds is 10. The second-order valence-corrected chi connectivity index (χ2v) is 10.6. The van der Waals surface area contributed by atoms with Crippen molar-refractivity contribution in [2.45, 2.75) is 23.6 Å². The molecule has 0 aliphatic heterocycles. The van der Waals surface area contributed by atoms with Crippen LogP contribution in [0, 0.1) is 13.8 Å². The number of hydrogen-bond acceptors (Lipinski definition) is 5. The number of methoxy groups -OCH3 is 1. The first-order valence-corrected chi connectivity index (χ1v) is 12.9. The summed E-state index contributed by atoms with van der Waals surface area (Å²) >= 11 is 1.63. The lowest BCUT2D eigenvalue weighted by Crippen LogP contribution is -2.41. The molecule has 0 saturated carbocycles. The van der Waals surface area contributed by atoms with Crippen LogP contribution in [0.15, 0.2) is 82.6 Å². The van der Waals surface area contributed by atoms with E-state index >= 15 is 0 Å². The predicted octanol–water partition coefficient (Wildman–Crippen LogP) is 4.42. The number of aryl methyl sites for hydroxylation is 2. The molecular weight excluding hydrogens is 456 g/mol. The van der Waals surface area contributed by atoms with Crippen molar-refractivity contribution < 1.29 is 17.9 Å². The quantitative estimate of drug-likeness (QED) is 0.341. The summed E-state index contributed by atoms with van der Waals surface area (Å²) in [4.78, 5) is 14.0. The summed E-state index contributed by atoms with van der Waals surface area (Å²) in [5.41, 5.74) is 2.50. The molecule has 8 heteroatoms. The Morgan fingerprint density at radius 3 is 2.24 bits per heavy atom. The van der Waals surface area contributed by atoms with Gasteiger partial charge in [-0.1, -0.05) is 41.5 Å². The highest BCUT2D eigenvalue weighted by molar-refractivity contribution is 7.99. The third-order valence-corrected chi connectivity index (χ3v) is 7.75. The molecule has 0 unspecified atom stereocenters. The monoisotopic (exact) mass is 484 g/mol. The lowest BCUT2D eigenvalue weighted by molar-refractivity contribution is -0.119. The zero-order valence-corrected chi connectivity index (χ0v) is 20.6. The van der Waals surface area contributed by atoms with E-state index in [4.69, 9.17) is 4.74 Å². The van der Waals surface area contributed by atoms with Crippen molar-refractivity contribution in [3.05, 3.63) is 83.9 Å². The van der Waals surface area contributed by atoms with Gasteiger partial charge in [0.1, 0.15) is 12.3 Å². The van der Waals surface area contributed by atoms with Gasteiger partial charge >= 0.3 is 0 Å². The maximum atomic E-state index is 13.4. The smallest absolute Gasteiger partial charge is 0.264 e. The molecule has 1 amide bonds. The predicted molar refractivity (Wildman–Crippen MR) is 134 cm³/mol. The second kappa shape index (κ2) is 11.2. The lowest BCUT2D eigenvalue weighted by Gasteiger charge is -2.24. The molecule has 0 aliphatic rings. The van der Waals surface area contributed by atoms with Gasteiger partial charge in [-0.3, -0.25) is 9.10 Å². The van der Waals surface area contributed by atoms with Crippen molar-refractivity contribution in [3.8, 4) is 5.75 Å². The van der Waals surface area contributed by atoms with Crippen molar-refractivity contribution in [1.29, 1.82) is 0 Å². The Kier molecular flexibility index (Phi) is 8.41. The highest BCUT2D eigenvalue weighted by atomic mass is 32.2. The van der Waals surface area contributed by atoms with E-state index in [2.05, 4.69) is 5.32 Å². The van der Waals surface area contributed by atoms with Crippen molar-refractivity contribution >= 4 is 33.4 Å². The molecule has 0 aliphatic carbocycles. The Bertz CT molecular complexity index is 1180. The van der Waals surface area contributed by atoms with Gasteiger partial charge in [-0.2, -0.15) is 0 Å². The number of nitrogens with one attached hydrogen (secondary N) is 1. The number of hydrogen-bond donors (Lipinski definition) is 1. The first-order valence-electron chi connectivity index (χ1n) is 10.5. The molecule has 0 spiro atoms. The Labute approximate surface area is 200 Å². The van der Waals surface area contributed by atoms with Gasteiger partial charge in [0.2, 0.25) is 5.91 Å². The highest BCUT2D eigenvalue weighted by Crippen LogP contribution is 2.27. The molecule has 174 valence electrons. The normalized spacial score (nSPS) is 11.1. The zero-order valence-electron chi connectivity index (χ0n) is 18.9. The van der Waals surface area contributed by atoms with Gasteiger partial charge in [-0.05, 0) is 50.2 Å². The molecule has 3 aromatic carbocycles. The number of nitrogens with zero attached hydrogens (tertiary/aromatic N) is 1. The molecule has 3 aromatic rings. The van der Waals surface area contributed by atoms with Gasteiger partial charge in [0.15, 0.2) is 0 Å². The Morgan fingerprint density at radius 1 is 0.970 bits per heavy atom. The fourth-order valence-corrected chi connectivity index (χ4v) is 5.28. The molecule has 3 rings (SSSR count). The largest absolute Gasteiger partial charge is 0.497 e. The van der Waals surface area contributed by atoms with E-state index in [1.807, 2.05) is 38.1 Å². The molecule has 6 nitrogen and oxygen atoms in total. The number of anilines is 1. The highest BCUT2D eigenvalue weighted by Gasteiger charge is 2.27. The van der Waals surface area contributed by atoms with E-state index < -0.39 is 10.0 Å². The lowest BCUT2D eigenvalue weighted by atomic mass is 10.2. The van der Waals surface area contributed by atoms with E-state index in [0.717, 1.165) is 14.8 Å². The molecule has 1 N–H and O–H groups in total. The van der Waals surface area contributed by atoms with E-state index in [0.29, 0.717) is 23.7 Å². The van der Waals surface area contributed by atoms with Gasteiger partial charge in [-0.15, -0.1) is 11.8 Å². The summed E-state index contributed by atoms with van der Waals surface area (Å²) in [7, 11) is -2.45. The van der Waals surface area contributed by atoms with Crippen LogP contribution in [-0.4, -0.2) is 40.3 Å². The fourth-order valence-electron chi connectivity index (χ4n) is 3.10. The van der Waals surface area contributed by atoms with Crippen LogP contribution >= 0.6 is 11.8 Å². The standard InChI is InChI=1S/C25H28N2O4S2/c1-19-7-11-23(12-8-19)32-16-15-26-25(28)18-27(21-5-4-6-22(17-21)31-3)33(29,30)24-13-9-20(2)10-14-24/h4-14,17H,15-16,18H2,1-3H3,(H,26,28). The molecule has 0 saturated heterocycles. The summed E-state index contributed by atoms with van der Waals surface area (Å²) in [6.45, 7) is 4.01. The SMILES string of the molecule is COc1cccc(N(CC(=O)NCCSc2ccc(C)cc2)S(=O)(=O)c2ccc(C)cc2)c1. The van der Waals surface area contributed by atoms with Crippen LogP contribution in [0.25, 0.3) is 0 Å². The van der Waals surface area contributed by atoms with E-state index in [1.54, 1.807) is 60.3 Å². The Hall–Kier alpha value is -2.97. The third kappa shape index (κ3) is 6.76. The number of benzene rings is 3. The summed E-state index contributed by atoms with van der Waals surface area (Å²) < 4.78 is 33.2. The Balaban J connectivity index is 1.72. The Morgan fingerprint density at radius 2 is 1.61 bits per heavy atom. The van der Waals surface area contributed by atoms with Crippen molar-refractivity contribution in [2.75, 3.05) is 30.3 Å². The minimum Gasteiger partial charge on any atom is -0.497 e. The van der Waals surface area contributed by atoms with Gasteiger partial charge in [0.25, 0.3) is 10.0 Å². The van der Waals surface area contributed by atoms with Gasteiger partial charge in [0, 0.05) is 23.3 Å². The summed E-state index contributed by atoms with van der Waals surface area (Å²) in [6, 6.07) is 21.4. The minimum atomic E-state index is -3.96. The number of carbonyl (C=O) groups is 1. The van der Waals surface area contributed by atoms with Crippen molar-refractivity contribution in [3.63, 3.8) is 0 Å². The fraction of sp³-hybridized carbons (Fsp3) is 0.240. The molecule has 0 bridgehead atoms. The van der Waals surface area contributed by atoms with Gasteiger partial charge in [0.05, 0.1) is 17.7 Å². The van der Waals surface area contributed by atoms with Gasteiger partial charge in [-0.25, -0.2) is 8.42 Å². The van der Waals surface area contributed by atoms with Crippen molar-refractivity contribution in [1.82, 2.24) is 5.32 Å². The topological polar surface area (TPSA) is 75.7 Å². The maximum Gasteiger partial charge on any atom is 0.264 e. The average molecular weight is 485 g/mol. The molecule has 33 heavy (non-hydrogen) atoms. The van der Waals surface area contributed by atoms with Crippen LogP contribution in [0.2, 0.25) is 0 Å². The van der Waals surface area contributed by atoms with Crippen LogP contribution in [0.3, 0.4) is 0 Å². The molecule has 0 radical (unpaired) electrons. The van der Waals surface area contributed by atoms with E-state index in [9.17, 15) is 13.2 Å². The molecular formula is C25H28N2O4S2. The van der Waals surface area contributed by atoms with Crippen molar-refractivity contribution in [2.24, 2.45) is 0 Å². The van der Waals surface area contributed by atoms with Crippen LogP contribution in [0.4, 0.5) is 5.69 Å². The van der Waals surface area contributed by atoms with Crippen LogP contribution in [0.1, 0.15) is 11.1 Å². The number of amides is 1. The third-order valence-electron chi connectivity index (χ3n) is 4.95. The maximum absolute atomic E-state index is 13.4. The van der Waals surface area contributed by atoms with E-state index in [-0.39, 0.29) is 17.3 Å². The summed E-state index contributed by atoms with van der Waals surface area (Å²) in [5, 5.41) is 2.83. The summed E-state index contributed by atoms with van der Waals surface area (Å²) in [5.74, 6) is 0.808. The first kappa shape index (κ1) is 24.7. The number of ether oxygens (including phenoxy) is 1. The van der Waals surface area contributed by atoms with E-state index in [1.165, 1.54) is 12.7 Å². The zero-order chi connectivity index (χ0) is 23.8. The molecule has 0 aromatic heterocycles. The molecule has 0 fully saturated rings. The number of sulfonamides is 1. The van der Waals surface area contributed by atoms with Crippen LogP contribution in [0.5, 0.6) is 5.75 Å². The molecule has 0 atom stereocenters. The van der Waals surface area contributed by atoms with Crippen LogP contribution < -0.4 is 14.4 Å².